The van der Waals surface area contributed by atoms with Crippen molar-refractivity contribution >= 4 is 23.2 Å². The molecule has 114 valence electrons. The maximum atomic E-state index is 11.7. The van der Waals surface area contributed by atoms with Gasteiger partial charge in [-0.2, -0.15) is 0 Å². The lowest BCUT2D eigenvalue weighted by molar-refractivity contribution is -0.119. The van der Waals surface area contributed by atoms with Gasteiger partial charge in [0.25, 0.3) is 0 Å². The second kappa shape index (κ2) is 6.71. The number of hydrogen-bond acceptors (Lipinski definition) is 3. The normalized spacial score (nSPS) is 17.1. The lowest BCUT2D eigenvalue weighted by Crippen LogP contribution is -2.29. The third-order valence-electron chi connectivity index (χ3n) is 3.55. The predicted molar refractivity (Wildman–Crippen MR) is 87.3 cm³/mol. The third-order valence-corrected chi connectivity index (χ3v) is 3.78. The first-order valence-corrected chi connectivity index (χ1v) is 7.61. The van der Waals surface area contributed by atoms with Crippen LogP contribution >= 0.6 is 11.6 Å². The second-order valence-corrected chi connectivity index (χ2v) is 5.63. The van der Waals surface area contributed by atoms with Crippen molar-refractivity contribution in [2.75, 3.05) is 11.9 Å². The van der Waals surface area contributed by atoms with Crippen LogP contribution in [-0.4, -0.2) is 18.5 Å². The molecule has 5 heteroatoms. The zero-order valence-corrected chi connectivity index (χ0v) is 12.8. The molecular weight excluding hydrogens is 300 g/mol. The zero-order chi connectivity index (χ0) is 15.4. The van der Waals surface area contributed by atoms with Crippen LogP contribution in [0.15, 0.2) is 48.5 Å². The summed E-state index contributed by atoms with van der Waals surface area (Å²) in [6.45, 7) is 1.14. The molecule has 1 heterocycles. The van der Waals surface area contributed by atoms with Crippen LogP contribution in [0.4, 0.5) is 5.69 Å². The van der Waals surface area contributed by atoms with E-state index in [0.717, 1.165) is 23.4 Å². The molecule has 1 fully saturated rings. The summed E-state index contributed by atoms with van der Waals surface area (Å²) in [4.78, 5) is 11.7. The van der Waals surface area contributed by atoms with E-state index in [4.69, 9.17) is 16.3 Å². The van der Waals surface area contributed by atoms with Gasteiger partial charge in [-0.25, -0.2) is 0 Å². The van der Waals surface area contributed by atoms with Crippen molar-refractivity contribution in [1.29, 1.82) is 0 Å². The van der Waals surface area contributed by atoms with Crippen LogP contribution in [-0.2, 0) is 11.4 Å². The fourth-order valence-corrected chi connectivity index (χ4v) is 2.63. The number of rotatable bonds is 5. The number of halogens is 1. The van der Waals surface area contributed by atoms with Crippen molar-refractivity contribution in [3.63, 3.8) is 0 Å². The Morgan fingerprint density at radius 2 is 2.09 bits per heavy atom. The molecule has 1 amide bonds. The van der Waals surface area contributed by atoms with E-state index in [9.17, 15) is 4.79 Å². The van der Waals surface area contributed by atoms with Gasteiger partial charge in [0.2, 0.25) is 5.91 Å². The van der Waals surface area contributed by atoms with Crippen molar-refractivity contribution in [2.24, 2.45) is 0 Å². The number of nitrogens with one attached hydrogen (secondary N) is 2. The van der Waals surface area contributed by atoms with Gasteiger partial charge in [-0.05, 0) is 36.2 Å². The summed E-state index contributed by atoms with van der Waals surface area (Å²) in [5.41, 5.74) is 1.83. The van der Waals surface area contributed by atoms with E-state index in [-0.39, 0.29) is 11.9 Å². The second-order valence-electron chi connectivity index (χ2n) is 5.19. The Labute approximate surface area is 134 Å². The quantitative estimate of drug-likeness (QED) is 0.890. The molecule has 22 heavy (non-hydrogen) atoms. The molecule has 1 aliphatic rings. The maximum Gasteiger partial charge on any atom is 0.242 e. The fourth-order valence-electron chi connectivity index (χ4n) is 2.42. The van der Waals surface area contributed by atoms with Crippen molar-refractivity contribution < 1.29 is 9.53 Å². The molecule has 0 saturated carbocycles. The molecule has 0 radical (unpaired) electrons. The van der Waals surface area contributed by atoms with Gasteiger partial charge in [-0.15, -0.1) is 0 Å². The minimum atomic E-state index is -0.198. The summed E-state index contributed by atoms with van der Waals surface area (Å²) in [6, 6.07) is 15.0. The standard InChI is InChI=1S/C17H17ClN2O2/c18-13-5-3-4-12(10-13)11-22-16-7-2-1-6-14(16)20-15-8-9-19-17(15)21/h1-7,10,15,20H,8-9,11H2,(H,19,21). The van der Waals surface area contributed by atoms with Crippen LogP contribution in [0.3, 0.4) is 0 Å². The first kappa shape index (κ1) is 14.7. The van der Waals surface area contributed by atoms with E-state index in [1.807, 2.05) is 48.5 Å². The number of para-hydroxylation sites is 2. The van der Waals surface area contributed by atoms with E-state index in [1.54, 1.807) is 0 Å². The average Bonchev–Trinajstić information content (AvgIpc) is 2.92. The predicted octanol–water partition coefficient (Wildman–Crippen LogP) is 3.22. The van der Waals surface area contributed by atoms with Gasteiger partial charge >= 0.3 is 0 Å². The minimum Gasteiger partial charge on any atom is -0.487 e. The molecule has 2 aromatic rings. The van der Waals surface area contributed by atoms with Gasteiger partial charge in [-0.1, -0.05) is 35.9 Å². The molecule has 1 saturated heterocycles. The van der Waals surface area contributed by atoms with E-state index >= 15 is 0 Å². The smallest absolute Gasteiger partial charge is 0.242 e. The molecule has 0 bridgehead atoms. The van der Waals surface area contributed by atoms with Gasteiger partial charge < -0.3 is 15.4 Å². The lowest BCUT2D eigenvalue weighted by Gasteiger charge is -2.16. The average molecular weight is 317 g/mol. The summed E-state index contributed by atoms with van der Waals surface area (Å²) in [5, 5.41) is 6.75. The van der Waals surface area contributed by atoms with Gasteiger partial charge in [0.05, 0.1) is 5.69 Å². The van der Waals surface area contributed by atoms with Crippen molar-refractivity contribution in [3.05, 3.63) is 59.1 Å². The summed E-state index contributed by atoms with van der Waals surface area (Å²) in [7, 11) is 0. The highest BCUT2D eigenvalue weighted by Gasteiger charge is 2.24. The Kier molecular flexibility index (Phi) is 4.49. The van der Waals surface area contributed by atoms with Crippen LogP contribution in [0.5, 0.6) is 5.75 Å². The Hall–Kier alpha value is -2.20. The summed E-state index contributed by atoms with van der Waals surface area (Å²) in [6.07, 6.45) is 0.779. The van der Waals surface area contributed by atoms with Crippen LogP contribution in [0.2, 0.25) is 5.02 Å². The maximum absolute atomic E-state index is 11.7. The number of carbonyl (C=O) groups excluding carboxylic acids is 1. The summed E-state index contributed by atoms with van der Waals surface area (Å²) < 4.78 is 5.87. The molecule has 4 nitrogen and oxygen atoms in total. The SMILES string of the molecule is O=C1NCCC1Nc1ccccc1OCc1cccc(Cl)c1. The van der Waals surface area contributed by atoms with Crippen LogP contribution in [0.25, 0.3) is 0 Å². The number of ether oxygens (including phenoxy) is 1. The highest BCUT2D eigenvalue weighted by molar-refractivity contribution is 6.30. The molecule has 0 aliphatic carbocycles. The van der Waals surface area contributed by atoms with Gasteiger partial charge in [0, 0.05) is 11.6 Å². The fraction of sp³-hybridized carbons (Fsp3) is 0.235. The number of hydrogen-bond donors (Lipinski definition) is 2. The van der Waals surface area contributed by atoms with Gasteiger partial charge in [-0.3, -0.25) is 4.79 Å². The molecule has 0 spiro atoms. The monoisotopic (exact) mass is 316 g/mol. The Bertz CT molecular complexity index is 675. The van der Waals surface area contributed by atoms with Crippen molar-refractivity contribution in [3.8, 4) is 5.75 Å². The van der Waals surface area contributed by atoms with E-state index in [0.29, 0.717) is 18.2 Å². The van der Waals surface area contributed by atoms with Crippen LogP contribution in [0, 0.1) is 0 Å². The largest absolute Gasteiger partial charge is 0.487 e. The van der Waals surface area contributed by atoms with Gasteiger partial charge in [0.15, 0.2) is 0 Å². The van der Waals surface area contributed by atoms with E-state index < -0.39 is 0 Å². The molecule has 1 unspecified atom stereocenters. The van der Waals surface area contributed by atoms with E-state index in [2.05, 4.69) is 10.6 Å². The molecular formula is C17H17ClN2O2. The molecule has 2 N–H and O–H groups in total. The molecule has 1 aliphatic heterocycles. The number of anilines is 1. The number of amides is 1. The highest BCUT2D eigenvalue weighted by atomic mass is 35.5. The molecule has 3 rings (SSSR count). The number of benzene rings is 2. The Balaban J connectivity index is 1.69. The van der Waals surface area contributed by atoms with Crippen molar-refractivity contribution in [1.82, 2.24) is 5.32 Å². The summed E-state index contributed by atoms with van der Waals surface area (Å²) >= 11 is 5.97. The van der Waals surface area contributed by atoms with Gasteiger partial charge in [0.1, 0.15) is 18.4 Å². The highest BCUT2D eigenvalue weighted by Crippen LogP contribution is 2.26. The van der Waals surface area contributed by atoms with E-state index in [1.165, 1.54) is 0 Å². The minimum absolute atomic E-state index is 0.0321. The Morgan fingerprint density at radius 3 is 2.86 bits per heavy atom. The molecule has 2 aromatic carbocycles. The summed E-state index contributed by atoms with van der Waals surface area (Å²) in [5.74, 6) is 0.756. The van der Waals surface area contributed by atoms with Crippen LogP contribution < -0.4 is 15.4 Å². The zero-order valence-electron chi connectivity index (χ0n) is 12.0. The molecule has 1 atom stereocenters. The number of carbonyl (C=O) groups is 1. The van der Waals surface area contributed by atoms with Crippen molar-refractivity contribution in [2.45, 2.75) is 19.1 Å². The van der Waals surface area contributed by atoms with Crippen LogP contribution in [0.1, 0.15) is 12.0 Å². The first-order chi connectivity index (χ1) is 10.7. The first-order valence-electron chi connectivity index (χ1n) is 7.23. The Morgan fingerprint density at radius 1 is 1.23 bits per heavy atom. The molecule has 0 aromatic heterocycles. The lowest BCUT2D eigenvalue weighted by atomic mass is 10.2. The third kappa shape index (κ3) is 3.52. The topological polar surface area (TPSA) is 50.4 Å².